The van der Waals surface area contributed by atoms with E-state index in [1.807, 2.05) is 6.92 Å². The molecule has 0 atom stereocenters. The molecule has 1 aliphatic carbocycles. The molecule has 3 N–H and O–H groups in total. The van der Waals surface area contributed by atoms with Gasteiger partial charge in [-0.05, 0) is 38.0 Å². The Morgan fingerprint density at radius 2 is 2.05 bits per heavy atom. The number of amides is 1. The Morgan fingerprint density at radius 1 is 1.42 bits per heavy atom. The number of nitrogen functional groups attached to an aromatic ring is 1. The Labute approximate surface area is 107 Å². The van der Waals surface area contributed by atoms with Crippen molar-refractivity contribution in [2.24, 2.45) is 0 Å². The SMILES string of the molecule is CC1(NC(=O)c2ccc(OC(F)(F)F)c(N)c2)CC1. The molecular formula is C12H13F3N2O2. The Morgan fingerprint density at radius 3 is 2.53 bits per heavy atom. The van der Waals surface area contributed by atoms with E-state index < -0.39 is 12.1 Å². The molecule has 0 saturated heterocycles. The van der Waals surface area contributed by atoms with Crippen LogP contribution in [0.1, 0.15) is 30.1 Å². The number of alkyl halides is 3. The average molecular weight is 274 g/mol. The van der Waals surface area contributed by atoms with E-state index in [2.05, 4.69) is 10.1 Å². The minimum Gasteiger partial charge on any atom is -0.404 e. The molecule has 19 heavy (non-hydrogen) atoms. The molecule has 0 aromatic heterocycles. The van der Waals surface area contributed by atoms with Gasteiger partial charge in [0.15, 0.2) is 5.75 Å². The molecule has 1 aliphatic rings. The van der Waals surface area contributed by atoms with E-state index in [1.54, 1.807) is 0 Å². The van der Waals surface area contributed by atoms with Crippen molar-refractivity contribution < 1.29 is 22.7 Å². The van der Waals surface area contributed by atoms with Crippen LogP contribution in [0.3, 0.4) is 0 Å². The van der Waals surface area contributed by atoms with Gasteiger partial charge in [-0.25, -0.2) is 0 Å². The van der Waals surface area contributed by atoms with Crippen molar-refractivity contribution in [3.05, 3.63) is 23.8 Å². The van der Waals surface area contributed by atoms with Crippen LogP contribution in [-0.2, 0) is 0 Å². The van der Waals surface area contributed by atoms with Crippen LogP contribution in [0, 0.1) is 0 Å². The van der Waals surface area contributed by atoms with E-state index in [0.29, 0.717) is 0 Å². The van der Waals surface area contributed by atoms with Crippen LogP contribution < -0.4 is 15.8 Å². The maximum atomic E-state index is 12.1. The number of ether oxygens (including phenoxy) is 1. The second-order valence-electron chi connectivity index (χ2n) is 4.82. The zero-order valence-electron chi connectivity index (χ0n) is 10.2. The number of hydrogen-bond donors (Lipinski definition) is 2. The van der Waals surface area contributed by atoms with Crippen LogP contribution in [0.15, 0.2) is 18.2 Å². The Kier molecular flexibility index (Phi) is 3.07. The average Bonchev–Trinajstić information content (AvgIpc) is 2.97. The van der Waals surface area contributed by atoms with Gasteiger partial charge in [-0.3, -0.25) is 4.79 Å². The fourth-order valence-corrected chi connectivity index (χ4v) is 1.57. The van der Waals surface area contributed by atoms with E-state index in [9.17, 15) is 18.0 Å². The molecule has 104 valence electrons. The molecule has 1 fully saturated rings. The maximum Gasteiger partial charge on any atom is 0.573 e. The number of nitrogens with two attached hydrogens (primary N) is 1. The Balaban J connectivity index is 2.12. The van der Waals surface area contributed by atoms with Gasteiger partial charge < -0.3 is 15.8 Å². The molecule has 0 radical (unpaired) electrons. The zero-order chi connectivity index (χ0) is 14.3. The van der Waals surface area contributed by atoms with Crippen molar-refractivity contribution in [2.45, 2.75) is 31.7 Å². The van der Waals surface area contributed by atoms with Gasteiger partial charge in [0.2, 0.25) is 0 Å². The van der Waals surface area contributed by atoms with Gasteiger partial charge in [-0.1, -0.05) is 0 Å². The first-order valence-electron chi connectivity index (χ1n) is 5.66. The lowest BCUT2D eigenvalue weighted by molar-refractivity contribution is -0.274. The van der Waals surface area contributed by atoms with Crippen molar-refractivity contribution in [2.75, 3.05) is 5.73 Å². The number of carbonyl (C=O) groups excluding carboxylic acids is 1. The van der Waals surface area contributed by atoms with Crippen LogP contribution in [0.4, 0.5) is 18.9 Å². The molecule has 0 unspecified atom stereocenters. The van der Waals surface area contributed by atoms with Gasteiger partial charge in [0.25, 0.3) is 5.91 Å². The van der Waals surface area contributed by atoms with E-state index >= 15 is 0 Å². The number of halogens is 3. The molecular weight excluding hydrogens is 261 g/mol. The third kappa shape index (κ3) is 3.52. The van der Waals surface area contributed by atoms with Crippen molar-refractivity contribution in [1.82, 2.24) is 5.32 Å². The summed E-state index contributed by atoms with van der Waals surface area (Å²) >= 11 is 0. The summed E-state index contributed by atoms with van der Waals surface area (Å²) in [7, 11) is 0. The van der Waals surface area contributed by atoms with Gasteiger partial charge >= 0.3 is 6.36 Å². The number of benzene rings is 1. The monoisotopic (exact) mass is 274 g/mol. The molecule has 2 rings (SSSR count). The molecule has 0 bridgehead atoms. The summed E-state index contributed by atoms with van der Waals surface area (Å²) < 4.78 is 39.9. The smallest absolute Gasteiger partial charge is 0.404 e. The van der Waals surface area contributed by atoms with Crippen molar-refractivity contribution >= 4 is 11.6 Å². The maximum absolute atomic E-state index is 12.1. The van der Waals surface area contributed by atoms with Crippen LogP contribution >= 0.6 is 0 Å². The van der Waals surface area contributed by atoms with Gasteiger partial charge in [0.05, 0.1) is 5.69 Å². The number of anilines is 1. The largest absolute Gasteiger partial charge is 0.573 e. The normalized spacial score (nSPS) is 16.8. The molecule has 0 aliphatic heterocycles. The highest BCUT2D eigenvalue weighted by Crippen LogP contribution is 2.35. The van der Waals surface area contributed by atoms with E-state index in [0.717, 1.165) is 18.9 Å². The summed E-state index contributed by atoms with van der Waals surface area (Å²) in [5.74, 6) is -0.869. The summed E-state index contributed by atoms with van der Waals surface area (Å²) in [6, 6.07) is 3.45. The van der Waals surface area contributed by atoms with E-state index in [1.165, 1.54) is 12.1 Å². The fourth-order valence-electron chi connectivity index (χ4n) is 1.57. The van der Waals surface area contributed by atoms with Gasteiger partial charge in [0.1, 0.15) is 0 Å². The molecule has 1 amide bonds. The van der Waals surface area contributed by atoms with Crippen molar-refractivity contribution in [1.29, 1.82) is 0 Å². The van der Waals surface area contributed by atoms with Crippen LogP contribution in [0.2, 0.25) is 0 Å². The van der Waals surface area contributed by atoms with Gasteiger partial charge in [0, 0.05) is 11.1 Å². The lowest BCUT2D eigenvalue weighted by Gasteiger charge is -2.14. The second kappa shape index (κ2) is 4.32. The lowest BCUT2D eigenvalue weighted by atomic mass is 10.1. The van der Waals surface area contributed by atoms with E-state index in [4.69, 9.17) is 5.73 Å². The third-order valence-electron chi connectivity index (χ3n) is 2.91. The first-order chi connectivity index (χ1) is 8.69. The topological polar surface area (TPSA) is 64.3 Å². The minimum atomic E-state index is -4.81. The van der Waals surface area contributed by atoms with Crippen LogP contribution in [-0.4, -0.2) is 17.8 Å². The van der Waals surface area contributed by atoms with Crippen LogP contribution in [0.25, 0.3) is 0 Å². The highest BCUT2D eigenvalue weighted by Gasteiger charge is 2.39. The van der Waals surface area contributed by atoms with Crippen molar-refractivity contribution in [3.63, 3.8) is 0 Å². The predicted octanol–water partition coefficient (Wildman–Crippen LogP) is 2.45. The molecule has 0 spiro atoms. The predicted molar refractivity (Wildman–Crippen MR) is 62.6 cm³/mol. The van der Waals surface area contributed by atoms with Crippen LogP contribution in [0.5, 0.6) is 5.75 Å². The number of nitrogens with one attached hydrogen (secondary N) is 1. The first kappa shape index (κ1) is 13.5. The first-order valence-corrected chi connectivity index (χ1v) is 5.66. The molecule has 1 aromatic rings. The molecule has 0 heterocycles. The number of rotatable bonds is 3. The quantitative estimate of drug-likeness (QED) is 0.832. The summed E-state index contributed by atoms with van der Waals surface area (Å²) in [6.45, 7) is 1.90. The lowest BCUT2D eigenvalue weighted by Crippen LogP contribution is -2.34. The summed E-state index contributed by atoms with van der Waals surface area (Å²) in [5, 5.41) is 2.78. The van der Waals surface area contributed by atoms with Gasteiger partial charge in [-0.15, -0.1) is 13.2 Å². The number of carbonyl (C=O) groups is 1. The van der Waals surface area contributed by atoms with Gasteiger partial charge in [-0.2, -0.15) is 0 Å². The fraction of sp³-hybridized carbons (Fsp3) is 0.417. The van der Waals surface area contributed by atoms with E-state index in [-0.39, 0.29) is 22.7 Å². The zero-order valence-corrected chi connectivity index (χ0v) is 10.2. The van der Waals surface area contributed by atoms with Crippen molar-refractivity contribution in [3.8, 4) is 5.75 Å². The highest BCUT2D eigenvalue weighted by atomic mass is 19.4. The third-order valence-corrected chi connectivity index (χ3v) is 2.91. The molecule has 1 aromatic carbocycles. The standard InChI is InChI=1S/C12H13F3N2O2/c1-11(4-5-11)17-10(18)7-2-3-9(8(16)6-7)19-12(13,14)15/h2-3,6H,4-5,16H2,1H3,(H,17,18). The second-order valence-corrected chi connectivity index (χ2v) is 4.82. The highest BCUT2D eigenvalue weighted by molar-refractivity contribution is 5.96. The number of hydrogen-bond acceptors (Lipinski definition) is 3. The molecule has 4 nitrogen and oxygen atoms in total. The summed E-state index contributed by atoms with van der Waals surface area (Å²) in [6.07, 6.45) is -3.02. The minimum absolute atomic E-state index is 0.201. The molecule has 7 heteroatoms. The summed E-state index contributed by atoms with van der Waals surface area (Å²) in [4.78, 5) is 11.8. The summed E-state index contributed by atoms with van der Waals surface area (Å²) in [5.41, 5.74) is 5.22. The molecule has 1 saturated carbocycles. The Hall–Kier alpha value is -1.92. The Bertz CT molecular complexity index is 510.